The molecule has 0 fully saturated rings. The molecular weight excluding hydrogens is 382 g/mol. The van der Waals surface area contributed by atoms with E-state index in [4.69, 9.17) is 0 Å². The first-order valence-corrected chi connectivity index (χ1v) is 11.2. The molecule has 0 heterocycles. The fraction of sp³-hybridized carbons (Fsp3) is 0.296. The third kappa shape index (κ3) is 5.81. The molecule has 162 valence electrons. The Labute approximate surface area is 186 Å². The molecular formula is C27H34N3O+. The largest absolute Gasteiger partial charge is 0.372 e. The maximum absolute atomic E-state index is 9.54. The van der Waals surface area contributed by atoms with E-state index in [1.807, 2.05) is 12.2 Å². The highest BCUT2D eigenvalue weighted by molar-refractivity contribution is 6.07. The highest BCUT2D eigenvalue weighted by Gasteiger charge is 2.13. The van der Waals surface area contributed by atoms with Gasteiger partial charge >= 0.3 is 0 Å². The van der Waals surface area contributed by atoms with Crippen molar-refractivity contribution in [1.82, 2.24) is 0 Å². The number of benzene rings is 2. The van der Waals surface area contributed by atoms with Crippen molar-refractivity contribution in [3.63, 3.8) is 0 Å². The van der Waals surface area contributed by atoms with E-state index in [0.717, 1.165) is 30.9 Å². The Kier molecular flexibility index (Phi) is 7.99. The van der Waals surface area contributed by atoms with Crippen molar-refractivity contribution in [1.29, 1.82) is 0 Å². The van der Waals surface area contributed by atoms with Crippen LogP contribution in [0.3, 0.4) is 0 Å². The number of nitrogens with zero attached hydrogens (tertiary/aromatic N) is 2. The van der Waals surface area contributed by atoms with Gasteiger partial charge in [0.15, 0.2) is 0 Å². The van der Waals surface area contributed by atoms with Gasteiger partial charge in [-0.05, 0) is 98.5 Å². The van der Waals surface area contributed by atoms with Gasteiger partial charge in [-0.25, -0.2) is 0 Å². The predicted molar refractivity (Wildman–Crippen MR) is 132 cm³/mol. The van der Waals surface area contributed by atoms with Crippen molar-refractivity contribution >= 4 is 22.7 Å². The highest BCUT2D eigenvalue weighted by Crippen LogP contribution is 2.31. The Balaban J connectivity index is 2.04. The number of nitrogens with two attached hydrogens (primary N) is 1. The minimum absolute atomic E-state index is 0.704. The molecule has 4 heteroatoms. The summed E-state index contributed by atoms with van der Waals surface area (Å²) in [6.45, 7) is 11.2. The molecule has 31 heavy (non-hydrogen) atoms. The minimum Gasteiger partial charge on any atom is -0.372 e. The van der Waals surface area contributed by atoms with Crippen LogP contribution in [-0.4, -0.2) is 36.7 Å². The molecule has 2 aromatic carbocycles. The van der Waals surface area contributed by atoms with Crippen LogP contribution in [0, 0.1) is 0 Å². The molecule has 1 unspecified atom stereocenters. The summed E-state index contributed by atoms with van der Waals surface area (Å²) in [4.78, 5) is 6.58. The summed E-state index contributed by atoms with van der Waals surface area (Å²) in [5, 5.41) is 11.8. The molecule has 3 N–H and O–H groups in total. The summed E-state index contributed by atoms with van der Waals surface area (Å²) in [6.07, 6.45) is 7.39. The van der Waals surface area contributed by atoms with Gasteiger partial charge in [-0.3, -0.25) is 4.99 Å². The second-order valence-corrected chi connectivity index (χ2v) is 7.64. The van der Waals surface area contributed by atoms with E-state index in [0.29, 0.717) is 0 Å². The van der Waals surface area contributed by atoms with Gasteiger partial charge in [-0.1, -0.05) is 24.3 Å². The SMILES string of the molecule is CC[NH2+]c1ccc(C(=C2C=CC(=NC(C)O)C=C2)c2ccc(N(CC)CC)cc2)cc1. The predicted octanol–water partition coefficient (Wildman–Crippen LogP) is 4.45. The van der Waals surface area contributed by atoms with E-state index >= 15 is 0 Å². The lowest BCUT2D eigenvalue weighted by atomic mass is 9.90. The first-order chi connectivity index (χ1) is 15.0. The molecule has 1 aliphatic carbocycles. The molecule has 0 spiro atoms. The molecule has 0 amide bonds. The summed E-state index contributed by atoms with van der Waals surface area (Å²) >= 11 is 0. The summed E-state index contributed by atoms with van der Waals surface area (Å²) in [5.41, 5.74) is 7.96. The van der Waals surface area contributed by atoms with Gasteiger partial charge in [-0.2, -0.15) is 0 Å². The van der Waals surface area contributed by atoms with Gasteiger partial charge in [0, 0.05) is 18.8 Å². The topological polar surface area (TPSA) is 52.4 Å². The van der Waals surface area contributed by atoms with Gasteiger partial charge in [0.05, 0.1) is 12.3 Å². The first-order valence-electron chi connectivity index (χ1n) is 11.2. The molecule has 0 bridgehead atoms. The van der Waals surface area contributed by atoms with Gasteiger partial charge in [-0.15, -0.1) is 0 Å². The normalized spacial score (nSPS) is 14.0. The smallest absolute Gasteiger partial charge is 0.143 e. The molecule has 1 atom stereocenters. The number of rotatable bonds is 8. The van der Waals surface area contributed by atoms with Crippen molar-refractivity contribution in [2.24, 2.45) is 4.99 Å². The highest BCUT2D eigenvalue weighted by atomic mass is 16.3. The van der Waals surface area contributed by atoms with E-state index < -0.39 is 6.23 Å². The number of aliphatic imine (C=N–C) groups is 1. The van der Waals surface area contributed by atoms with Crippen LogP contribution in [0.25, 0.3) is 5.57 Å². The number of anilines is 1. The number of aliphatic hydroxyl groups excluding tert-OH is 1. The average molecular weight is 417 g/mol. The van der Waals surface area contributed by atoms with E-state index in [-0.39, 0.29) is 0 Å². The molecule has 0 saturated heterocycles. The molecule has 4 nitrogen and oxygen atoms in total. The zero-order chi connectivity index (χ0) is 22.2. The van der Waals surface area contributed by atoms with Crippen molar-refractivity contribution in [2.45, 2.75) is 33.9 Å². The lowest BCUT2D eigenvalue weighted by Crippen LogP contribution is -2.77. The Morgan fingerprint density at radius 2 is 1.42 bits per heavy atom. The lowest BCUT2D eigenvalue weighted by Gasteiger charge is -2.22. The van der Waals surface area contributed by atoms with Crippen LogP contribution in [0.1, 0.15) is 38.8 Å². The molecule has 1 aliphatic rings. The summed E-state index contributed by atoms with van der Waals surface area (Å²) in [5.74, 6) is 0. The molecule has 2 aromatic rings. The zero-order valence-electron chi connectivity index (χ0n) is 19.0. The van der Waals surface area contributed by atoms with Crippen molar-refractivity contribution < 1.29 is 10.4 Å². The third-order valence-electron chi connectivity index (χ3n) is 5.42. The quantitative estimate of drug-likeness (QED) is 0.625. The van der Waals surface area contributed by atoms with Crippen LogP contribution in [0.15, 0.2) is 83.4 Å². The molecule has 3 rings (SSSR count). The molecule has 0 aromatic heterocycles. The van der Waals surface area contributed by atoms with Crippen LogP contribution < -0.4 is 10.2 Å². The van der Waals surface area contributed by atoms with Crippen LogP contribution >= 0.6 is 0 Å². The number of quaternary nitrogens is 1. The number of aliphatic hydroxyl groups is 1. The molecule has 0 radical (unpaired) electrons. The van der Waals surface area contributed by atoms with Gasteiger partial charge in [0.1, 0.15) is 11.9 Å². The zero-order valence-corrected chi connectivity index (χ0v) is 19.0. The fourth-order valence-electron chi connectivity index (χ4n) is 3.88. The number of hydrogen-bond donors (Lipinski definition) is 2. The monoisotopic (exact) mass is 416 g/mol. The van der Waals surface area contributed by atoms with Crippen LogP contribution in [-0.2, 0) is 0 Å². The van der Waals surface area contributed by atoms with E-state index in [2.05, 4.69) is 96.7 Å². The maximum Gasteiger partial charge on any atom is 0.143 e. The molecule has 0 aliphatic heterocycles. The van der Waals surface area contributed by atoms with Gasteiger partial charge in [0.2, 0.25) is 0 Å². The Morgan fingerprint density at radius 3 is 1.90 bits per heavy atom. The maximum atomic E-state index is 9.54. The average Bonchev–Trinajstić information content (AvgIpc) is 2.78. The van der Waals surface area contributed by atoms with Crippen LogP contribution in [0.4, 0.5) is 11.4 Å². The third-order valence-corrected chi connectivity index (χ3v) is 5.42. The Hall–Kier alpha value is -2.95. The van der Waals surface area contributed by atoms with Crippen LogP contribution in [0.2, 0.25) is 0 Å². The van der Waals surface area contributed by atoms with Gasteiger partial charge < -0.3 is 15.3 Å². The van der Waals surface area contributed by atoms with Crippen LogP contribution in [0.5, 0.6) is 0 Å². The van der Waals surface area contributed by atoms with Crippen molar-refractivity contribution in [2.75, 3.05) is 24.5 Å². The van der Waals surface area contributed by atoms with E-state index in [1.54, 1.807) is 6.92 Å². The first kappa shape index (κ1) is 22.7. The molecule has 0 saturated carbocycles. The summed E-state index contributed by atoms with van der Waals surface area (Å²) in [7, 11) is 0. The summed E-state index contributed by atoms with van der Waals surface area (Å²) in [6, 6.07) is 17.6. The van der Waals surface area contributed by atoms with E-state index in [9.17, 15) is 5.11 Å². The second kappa shape index (κ2) is 10.9. The van der Waals surface area contributed by atoms with E-state index in [1.165, 1.54) is 28.1 Å². The fourth-order valence-corrected chi connectivity index (χ4v) is 3.88. The number of allylic oxidation sites excluding steroid dienone is 5. The minimum atomic E-state index is -0.704. The summed E-state index contributed by atoms with van der Waals surface area (Å²) < 4.78 is 0. The lowest BCUT2D eigenvalue weighted by molar-refractivity contribution is -0.567. The number of hydrogen-bond acceptors (Lipinski definition) is 3. The van der Waals surface area contributed by atoms with Gasteiger partial charge in [0.25, 0.3) is 0 Å². The Bertz CT molecular complexity index is 958. The second-order valence-electron chi connectivity index (χ2n) is 7.64. The Morgan fingerprint density at radius 1 is 0.871 bits per heavy atom. The van der Waals surface area contributed by atoms with Crippen molar-refractivity contribution in [3.8, 4) is 0 Å². The standard InChI is InChI=1S/C27H33N3O/c1-5-28-24-14-8-21(9-15-24)27(22-10-16-25(17-11-22)29-20(4)31)23-12-18-26(19-13-23)30(6-2)7-3/h8-20,28,31H,5-7H2,1-4H3/p+1. The van der Waals surface area contributed by atoms with Crippen molar-refractivity contribution in [3.05, 3.63) is 89.5 Å².